The van der Waals surface area contributed by atoms with E-state index in [1.165, 1.54) is 0 Å². The Bertz CT molecular complexity index is 946. The molecule has 0 aliphatic carbocycles. The van der Waals surface area contributed by atoms with Gasteiger partial charge in [0.25, 0.3) is 0 Å². The zero-order valence-electron chi connectivity index (χ0n) is 15.5. The smallest absolute Gasteiger partial charge is 0.228 e. The molecule has 0 N–H and O–H groups in total. The number of rotatable bonds is 4. The van der Waals surface area contributed by atoms with E-state index in [2.05, 4.69) is 20.3 Å². The Morgan fingerprint density at radius 1 is 1.19 bits per heavy atom. The Balaban J connectivity index is 1.39. The number of benzene rings is 1. The summed E-state index contributed by atoms with van der Waals surface area (Å²) in [5.74, 6) is 0.914. The van der Waals surface area contributed by atoms with Gasteiger partial charge in [-0.15, -0.1) is 5.10 Å². The van der Waals surface area contributed by atoms with Crippen molar-refractivity contribution in [3.05, 3.63) is 42.2 Å². The van der Waals surface area contributed by atoms with Gasteiger partial charge in [-0.2, -0.15) is 5.10 Å². The molecular formula is C19H22N6O2. The lowest BCUT2D eigenvalue weighted by molar-refractivity contribution is -0.130. The Morgan fingerprint density at radius 2 is 1.96 bits per heavy atom. The van der Waals surface area contributed by atoms with Crippen molar-refractivity contribution in [3.63, 3.8) is 0 Å². The molecule has 1 aliphatic heterocycles. The highest BCUT2D eigenvalue weighted by Crippen LogP contribution is 2.21. The molecule has 0 atom stereocenters. The standard InChI is InChI=1S/C19H22N6O2/c1-23(2)14-11-18(21-20-13-14)24-7-9-25(10-8-24)19(26)12-16-15-5-3-4-6-17(15)27-22-16/h3-6,11,13H,7-10,12H2,1-2H3. The number of hydrogen-bond acceptors (Lipinski definition) is 7. The van der Waals surface area contributed by atoms with Crippen molar-refractivity contribution in [2.75, 3.05) is 50.1 Å². The van der Waals surface area contributed by atoms with Gasteiger partial charge < -0.3 is 19.2 Å². The lowest BCUT2D eigenvalue weighted by atomic mass is 10.1. The molecule has 0 bridgehead atoms. The fraction of sp³-hybridized carbons (Fsp3) is 0.368. The molecule has 27 heavy (non-hydrogen) atoms. The molecule has 0 saturated carbocycles. The molecule has 1 saturated heterocycles. The van der Waals surface area contributed by atoms with Crippen LogP contribution in [0.15, 0.2) is 41.1 Å². The number of aromatic nitrogens is 3. The van der Waals surface area contributed by atoms with Crippen LogP contribution in [-0.2, 0) is 11.2 Å². The number of fused-ring (bicyclic) bond motifs is 1. The third-order valence-corrected chi connectivity index (χ3v) is 4.87. The van der Waals surface area contributed by atoms with Gasteiger partial charge in [0.15, 0.2) is 11.4 Å². The van der Waals surface area contributed by atoms with E-state index in [1.54, 1.807) is 6.20 Å². The van der Waals surface area contributed by atoms with Gasteiger partial charge in [-0.3, -0.25) is 4.79 Å². The fourth-order valence-electron chi connectivity index (χ4n) is 3.25. The van der Waals surface area contributed by atoms with Gasteiger partial charge in [-0.25, -0.2) is 0 Å². The number of anilines is 2. The van der Waals surface area contributed by atoms with Gasteiger partial charge in [0.2, 0.25) is 5.91 Å². The first-order valence-corrected chi connectivity index (χ1v) is 8.98. The Labute approximate surface area is 157 Å². The van der Waals surface area contributed by atoms with Crippen molar-refractivity contribution in [1.82, 2.24) is 20.3 Å². The summed E-state index contributed by atoms with van der Waals surface area (Å²) >= 11 is 0. The summed E-state index contributed by atoms with van der Waals surface area (Å²) in [6.07, 6.45) is 2.00. The van der Waals surface area contributed by atoms with Crippen LogP contribution in [0.3, 0.4) is 0 Å². The van der Waals surface area contributed by atoms with Crippen LogP contribution in [-0.4, -0.2) is 66.4 Å². The predicted molar refractivity (Wildman–Crippen MR) is 103 cm³/mol. The van der Waals surface area contributed by atoms with Crippen LogP contribution < -0.4 is 9.80 Å². The summed E-state index contributed by atoms with van der Waals surface area (Å²) in [5.41, 5.74) is 2.42. The maximum atomic E-state index is 12.7. The normalized spacial score (nSPS) is 14.6. The van der Waals surface area contributed by atoms with Gasteiger partial charge in [0.1, 0.15) is 5.69 Å². The second-order valence-corrected chi connectivity index (χ2v) is 6.84. The van der Waals surface area contributed by atoms with Crippen molar-refractivity contribution in [3.8, 4) is 0 Å². The summed E-state index contributed by atoms with van der Waals surface area (Å²) in [6, 6.07) is 9.63. The van der Waals surface area contributed by atoms with Crippen molar-refractivity contribution in [2.45, 2.75) is 6.42 Å². The first-order valence-electron chi connectivity index (χ1n) is 8.98. The maximum absolute atomic E-state index is 12.7. The van der Waals surface area contributed by atoms with Crippen LogP contribution in [0.5, 0.6) is 0 Å². The number of amides is 1. The third-order valence-electron chi connectivity index (χ3n) is 4.87. The van der Waals surface area contributed by atoms with Crippen LogP contribution in [0, 0.1) is 0 Å². The van der Waals surface area contributed by atoms with Crippen LogP contribution in [0.2, 0.25) is 0 Å². The summed E-state index contributed by atoms with van der Waals surface area (Å²) in [4.78, 5) is 18.7. The topological polar surface area (TPSA) is 78.6 Å². The van der Waals surface area contributed by atoms with E-state index < -0.39 is 0 Å². The van der Waals surface area contributed by atoms with E-state index in [0.29, 0.717) is 24.4 Å². The molecule has 3 heterocycles. The number of piperazine rings is 1. The number of nitrogens with zero attached hydrogens (tertiary/aromatic N) is 6. The summed E-state index contributed by atoms with van der Waals surface area (Å²) < 4.78 is 5.29. The number of para-hydroxylation sites is 1. The van der Waals surface area contributed by atoms with Crippen molar-refractivity contribution < 1.29 is 9.32 Å². The lowest BCUT2D eigenvalue weighted by Gasteiger charge is -2.35. The van der Waals surface area contributed by atoms with E-state index >= 15 is 0 Å². The Kier molecular flexibility index (Phi) is 4.62. The van der Waals surface area contributed by atoms with Gasteiger partial charge >= 0.3 is 0 Å². The highest BCUT2D eigenvalue weighted by molar-refractivity contribution is 5.86. The largest absolute Gasteiger partial charge is 0.376 e. The number of carbonyl (C=O) groups excluding carboxylic acids is 1. The molecule has 1 aliphatic rings. The van der Waals surface area contributed by atoms with E-state index in [-0.39, 0.29) is 12.3 Å². The highest BCUT2D eigenvalue weighted by atomic mass is 16.5. The minimum Gasteiger partial charge on any atom is -0.376 e. The lowest BCUT2D eigenvalue weighted by Crippen LogP contribution is -2.49. The molecule has 0 radical (unpaired) electrons. The van der Waals surface area contributed by atoms with E-state index in [4.69, 9.17) is 4.52 Å². The molecule has 3 aromatic rings. The monoisotopic (exact) mass is 366 g/mol. The molecular weight excluding hydrogens is 344 g/mol. The minimum absolute atomic E-state index is 0.0711. The van der Waals surface area contributed by atoms with Crippen LogP contribution >= 0.6 is 0 Å². The van der Waals surface area contributed by atoms with Gasteiger partial charge in [-0.05, 0) is 12.1 Å². The molecule has 140 valence electrons. The van der Waals surface area contributed by atoms with Crippen LogP contribution in [0.1, 0.15) is 5.69 Å². The van der Waals surface area contributed by atoms with E-state index in [1.807, 2.05) is 54.2 Å². The zero-order chi connectivity index (χ0) is 18.8. The van der Waals surface area contributed by atoms with Crippen molar-refractivity contribution in [1.29, 1.82) is 0 Å². The summed E-state index contributed by atoms with van der Waals surface area (Å²) in [7, 11) is 3.95. The first kappa shape index (κ1) is 17.3. The second-order valence-electron chi connectivity index (χ2n) is 6.84. The molecule has 4 rings (SSSR count). The van der Waals surface area contributed by atoms with Gasteiger partial charge in [-0.1, -0.05) is 17.3 Å². The highest BCUT2D eigenvalue weighted by Gasteiger charge is 2.24. The third kappa shape index (κ3) is 3.55. The molecule has 8 heteroatoms. The van der Waals surface area contributed by atoms with Crippen molar-refractivity contribution in [2.24, 2.45) is 0 Å². The molecule has 2 aromatic heterocycles. The summed E-state index contributed by atoms with van der Waals surface area (Å²) in [5, 5.41) is 13.3. The quantitative estimate of drug-likeness (QED) is 0.693. The first-order chi connectivity index (χ1) is 13.1. The van der Waals surface area contributed by atoms with Crippen LogP contribution in [0.25, 0.3) is 11.0 Å². The SMILES string of the molecule is CN(C)c1cnnc(N2CCN(C(=O)Cc3noc4ccccc34)CC2)c1. The summed E-state index contributed by atoms with van der Waals surface area (Å²) in [6.45, 7) is 2.78. The second kappa shape index (κ2) is 7.22. The molecule has 8 nitrogen and oxygen atoms in total. The average molecular weight is 366 g/mol. The van der Waals surface area contributed by atoms with Crippen molar-refractivity contribution >= 4 is 28.4 Å². The average Bonchev–Trinajstić information content (AvgIpc) is 3.11. The van der Waals surface area contributed by atoms with Gasteiger partial charge in [0.05, 0.1) is 18.3 Å². The predicted octanol–water partition coefficient (Wildman–Crippen LogP) is 1.58. The van der Waals surface area contributed by atoms with E-state index in [0.717, 1.165) is 30.0 Å². The fourth-order valence-corrected chi connectivity index (χ4v) is 3.25. The maximum Gasteiger partial charge on any atom is 0.228 e. The minimum atomic E-state index is 0.0711. The molecule has 0 spiro atoms. The Morgan fingerprint density at radius 3 is 2.74 bits per heavy atom. The van der Waals surface area contributed by atoms with Crippen LogP contribution in [0.4, 0.5) is 11.5 Å². The number of hydrogen-bond donors (Lipinski definition) is 0. The molecule has 1 aromatic carbocycles. The molecule has 1 fully saturated rings. The molecule has 1 amide bonds. The van der Waals surface area contributed by atoms with Gasteiger partial charge in [0, 0.05) is 51.7 Å². The molecule has 0 unspecified atom stereocenters. The van der Waals surface area contributed by atoms with E-state index in [9.17, 15) is 4.79 Å². The number of carbonyl (C=O) groups is 1. The zero-order valence-corrected chi connectivity index (χ0v) is 15.5. The Hall–Kier alpha value is -3.16.